The molecular weight excluding hydrogens is 339 g/mol. The van der Waals surface area contributed by atoms with Gasteiger partial charge in [-0.15, -0.1) is 0 Å². The number of hydrogen-bond acceptors (Lipinski definition) is 3. The van der Waals surface area contributed by atoms with Gasteiger partial charge in [-0.25, -0.2) is 0 Å². The Morgan fingerprint density at radius 1 is 1.25 bits per heavy atom. The highest BCUT2D eigenvalue weighted by atomic mass is 127. The predicted octanol–water partition coefficient (Wildman–Crippen LogP) is 3.19. The minimum atomic E-state index is -3.58. The van der Waals surface area contributed by atoms with Gasteiger partial charge in [0.15, 0.2) is 0 Å². The van der Waals surface area contributed by atoms with Crippen molar-refractivity contribution >= 4 is 32.7 Å². The summed E-state index contributed by atoms with van der Waals surface area (Å²) >= 11 is 2.15. The van der Waals surface area contributed by atoms with Gasteiger partial charge < -0.3 is 4.18 Å². The van der Waals surface area contributed by atoms with Gasteiger partial charge >= 0.3 is 10.1 Å². The molecule has 0 N–H and O–H groups in total. The summed E-state index contributed by atoms with van der Waals surface area (Å²) in [6, 6.07) is 6.94. The third kappa shape index (κ3) is 3.10. The molecule has 0 atom stereocenters. The quantitative estimate of drug-likeness (QED) is 0.616. The SMILES string of the molecule is CCC(C)(C)S(=O)(=O)Oc1ccc(I)cc1. The van der Waals surface area contributed by atoms with Crippen molar-refractivity contribution in [2.75, 3.05) is 0 Å². The van der Waals surface area contributed by atoms with Crippen LogP contribution in [0.1, 0.15) is 27.2 Å². The molecule has 0 aliphatic carbocycles. The first-order valence-electron chi connectivity index (χ1n) is 4.98. The van der Waals surface area contributed by atoms with Gasteiger partial charge in [0.05, 0.1) is 0 Å². The van der Waals surface area contributed by atoms with Crippen molar-refractivity contribution in [3.63, 3.8) is 0 Å². The van der Waals surface area contributed by atoms with Gasteiger partial charge in [-0.3, -0.25) is 0 Å². The van der Waals surface area contributed by atoms with Crippen LogP contribution in [-0.2, 0) is 10.1 Å². The monoisotopic (exact) mass is 354 g/mol. The van der Waals surface area contributed by atoms with Crippen molar-refractivity contribution < 1.29 is 12.6 Å². The average molecular weight is 354 g/mol. The van der Waals surface area contributed by atoms with E-state index in [2.05, 4.69) is 22.6 Å². The summed E-state index contributed by atoms with van der Waals surface area (Å²) in [5.74, 6) is 0.363. The summed E-state index contributed by atoms with van der Waals surface area (Å²) in [6.45, 7) is 5.15. The van der Waals surface area contributed by atoms with E-state index in [1.54, 1.807) is 26.0 Å². The molecule has 0 fully saturated rings. The van der Waals surface area contributed by atoms with Crippen LogP contribution in [0.4, 0.5) is 0 Å². The van der Waals surface area contributed by atoms with Crippen molar-refractivity contribution in [3.05, 3.63) is 27.8 Å². The summed E-state index contributed by atoms with van der Waals surface area (Å²) in [6.07, 6.45) is 0.514. The van der Waals surface area contributed by atoms with E-state index in [-0.39, 0.29) is 0 Å². The van der Waals surface area contributed by atoms with Gasteiger partial charge in [-0.05, 0) is 67.1 Å². The molecule has 0 aliphatic heterocycles. The number of halogens is 1. The van der Waals surface area contributed by atoms with E-state index >= 15 is 0 Å². The first-order chi connectivity index (χ1) is 7.28. The zero-order chi connectivity index (χ0) is 12.4. The predicted molar refractivity (Wildman–Crippen MR) is 73.1 cm³/mol. The van der Waals surface area contributed by atoms with E-state index in [4.69, 9.17) is 4.18 Å². The molecule has 5 heteroatoms. The van der Waals surface area contributed by atoms with Crippen molar-refractivity contribution in [1.82, 2.24) is 0 Å². The maximum Gasteiger partial charge on any atom is 0.314 e. The molecule has 0 saturated carbocycles. The van der Waals surface area contributed by atoms with Gasteiger partial charge in [0, 0.05) is 3.57 Å². The molecule has 0 spiro atoms. The summed E-state index contributed by atoms with van der Waals surface area (Å²) in [7, 11) is -3.58. The lowest BCUT2D eigenvalue weighted by Gasteiger charge is -2.22. The maximum atomic E-state index is 11.9. The molecule has 1 aromatic carbocycles. The van der Waals surface area contributed by atoms with E-state index in [9.17, 15) is 8.42 Å². The fraction of sp³-hybridized carbons (Fsp3) is 0.455. The van der Waals surface area contributed by atoms with Crippen molar-refractivity contribution in [2.24, 2.45) is 0 Å². The Bertz CT molecular complexity index is 449. The summed E-state index contributed by atoms with van der Waals surface area (Å²) in [5.41, 5.74) is 0. The second kappa shape index (κ2) is 4.91. The van der Waals surface area contributed by atoms with Gasteiger partial charge in [-0.2, -0.15) is 8.42 Å². The van der Waals surface area contributed by atoms with Crippen molar-refractivity contribution in [2.45, 2.75) is 31.9 Å². The van der Waals surface area contributed by atoms with Gasteiger partial charge in [0.25, 0.3) is 0 Å². The van der Waals surface area contributed by atoms with Crippen LogP contribution in [0.3, 0.4) is 0 Å². The molecule has 1 rings (SSSR count). The van der Waals surface area contributed by atoms with Crippen LogP contribution < -0.4 is 4.18 Å². The van der Waals surface area contributed by atoms with Crippen LogP contribution >= 0.6 is 22.6 Å². The summed E-state index contributed by atoms with van der Waals surface area (Å²) < 4.78 is 29.1. The Balaban J connectivity index is 2.94. The van der Waals surface area contributed by atoms with Crippen LogP contribution in [0.15, 0.2) is 24.3 Å². The van der Waals surface area contributed by atoms with Crippen LogP contribution in [0, 0.1) is 3.57 Å². The Hall–Kier alpha value is -0.300. The number of benzene rings is 1. The number of rotatable bonds is 4. The highest BCUT2D eigenvalue weighted by Gasteiger charge is 2.34. The first-order valence-corrected chi connectivity index (χ1v) is 7.47. The zero-order valence-corrected chi connectivity index (χ0v) is 12.5. The van der Waals surface area contributed by atoms with Crippen LogP contribution in [0.2, 0.25) is 0 Å². The van der Waals surface area contributed by atoms with E-state index < -0.39 is 14.9 Å². The zero-order valence-electron chi connectivity index (χ0n) is 9.53. The molecule has 0 aliphatic rings. The second-order valence-electron chi connectivity index (χ2n) is 4.10. The molecule has 0 radical (unpaired) electrons. The largest absolute Gasteiger partial charge is 0.382 e. The highest BCUT2D eigenvalue weighted by molar-refractivity contribution is 14.1. The van der Waals surface area contributed by atoms with E-state index in [0.717, 1.165) is 3.57 Å². The van der Waals surface area contributed by atoms with Gasteiger partial charge in [0.2, 0.25) is 0 Å². The lowest BCUT2D eigenvalue weighted by molar-refractivity contribution is 0.441. The van der Waals surface area contributed by atoms with E-state index in [1.165, 1.54) is 0 Å². The molecule has 0 bridgehead atoms. The highest BCUT2D eigenvalue weighted by Crippen LogP contribution is 2.25. The molecule has 3 nitrogen and oxygen atoms in total. The molecule has 16 heavy (non-hydrogen) atoms. The molecule has 0 amide bonds. The average Bonchev–Trinajstić information content (AvgIpc) is 2.21. The first kappa shape index (κ1) is 13.8. The third-order valence-corrected chi connectivity index (χ3v) is 5.32. The Kier molecular flexibility index (Phi) is 4.23. The fourth-order valence-electron chi connectivity index (χ4n) is 0.906. The molecule has 1 aromatic rings. The van der Waals surface area contributed by atoms with Gasteiger partial charge in [0.1, 0.15) is 10.5 Å². The van der Waals surface area contributed by atoms with Gasteiger partial charge in [-0.1, -0.05) is 6.92 Å². The number of hydrogen-bond donors (Lipinski definition) is 0. The lowest BCUT2D eigenvalue weighted by atomic mass is 10.1. The van der Waals surface area contributed by atoms with Crippen LogP contribution in [-0.4, -0.2) is 13.2 Å². The van der Waals surface area contributed by atoms with Crippen LogP contribution in [0.25, 0.3) is 0 Å². The topological polar surface area (TPSA) is 43.4 Å². The Labute approximate surface area is 110 Å². The summed E-state index contributed by atoms with van der Waals surface area (Å²) in [4.78, 5) is 0. The Morgan fingerprint density at radius 2 is 1.75 bits per heavy atom. The second-order valence-corrected chi connectivity index (χ2v) is 7.53. The van der Waals surface area contributed by atoms with E-state index in [0.29, 0.717) is 12.2 Å². The molecular formula is C11H15IO3S. The minimum absolute atomic E-state index is 0.363. The molecule has 0 unspecified atom stereocenters. The van der Waals surface area contributed by atoms with E-state index in [1.807, 2.05) is 19.1 Å². The normalized spacial score (nSPS) is 12.5. The smallest absolute Gasteiger partial charge is 0.314 e. The minimum Gasteiger partial charge on any atom is -0.382 e. The lowest BCUT2D eigenvalue weighted by Crippen LogP contribution is -2.34. The fourth-order valence-corrected chi connectivity index (χ4v) is 2.21. The molecule has 0 aromatic heterocycles. The van der Waals surface area contributed by atoms with Crippen LogP contribution in [0.5, 0.6) is 5.75 Å². The molecule has 0 saturated heterocycles. The third-order valence-electron chi connectivity index (χ3n) is 2.55. The molecule has 90 valence electrons. The molecule has 0 heterocycles. The summed E-state index contributed by atoms with van der Waals surface area (Å²) in [5, 5.41) is 0. The standard InChI is InChI=1S/C11H15IO3S/c1-4-11(2,3)16(13,14)15-10-7-5-9(12)6-8-10/h5-8H,4H2,1-3H3. The van der Waals surface area contributed by atoms with Crippen molar-refractivity contribution in [3.8, 4) is 5.75 Å². The Morgan fingerprint density at radius 3 is 2.19 bits per heavy atom. The maximum absolute atomic E-state index is 11.9. The van der Waals surface area contributed by atoms with Crippen molar-refractivity contribution in [1.29, 1.82) is 0 Å².